The smallest absolute Gasteiger partial charge is 0.342 e. The predicted octanol–water partition coefficient (Wildman–Crippen LogP) is 4.79. The van der Waals surface area contributed by atoms with Crippen LogP contribution in [-0.4, -0.2) is 57.9 Å². The second kappa shape index (κ2) is 9.43. The van der Waals surface area contributed by atoms with Crippen LogP contribution < -0.4 is 0 Å². The number of halogens is 3. The van der Waals surface area contributed by atoms with Gasteiger partial charge in [-0.1, -0.05) is 30.3 Å². The van der Waals surface area contributed by atoms with Crippen LogP contribution in [-0.2, 0) is 17.4 Å². The van der Waals surface area contributed by atoms with Crippen molar-refractivity contribution in [1.29, 1.82) is 0 Å². The highest BCUT2D eigenvalue weighted by Crippen LogP contribution is 2.54. The number of alkyl halides is 3. The maximum Gasteiger partial charge on any atom is 0.433 e. The lowest BCUT2D eigenvalue weighted by atomic mass is 9.81. The van der Waals surface area contributed by atoms with Crippen molar-refractivity contribution in [2.24, 2.45) is 23.7 Å². The predicted molar refractivity (Wildman–Crippen MR) is 129 cm³/mol. The molecule has 2 aliphatic heterocycles. The van der Waals surface area contributed by atoms with E-state index in [1.807, 2.05) is 4.90 Å². The molecule has 0 radical (unpaired) electrons. The normalized spacial score (nSPS) is 32.5. The molecular weight excluding hydrogens is 465 g/mol. The number of fused-ring (bicyclic) bond motifs is 1. The number of carbonyl (C=O) groups is 1. The maximum absolute atomic E-state index is 13.2. The van der Waals surface area contributed by atoms with Gasteiger partial charge in [0.1, 0.15) is 11.5 Å². The first kappa shape index (κ1) is 23.9. The lowest BCUT2D eigenvalue weighted by Gasteiger charge is -2.36. The Balaban J connectivity index is 0.965. The molecule has 2 aliphatic carbocycles. The van der Waals surface area contributed by atoms with Gasteiger partial charge in [0.2, 0.25) is 5.91 Å². The molecule has 1 aromatic heterocycles. The van der Waals surface area contributed by atoms with Gasteiger partial charge in [0, 0.05) is 50.8 Å². The molecular formula is C28H33F3N4O. The monoisotopic (exact) mass is 498 g/mol. The second-order valence-electron chi connectivity index (χ2n) is 11.2. The lowest BCUT2D eigenvalue weighted by Crippen LogP contribution is -2.40. The van der Waals surface area contributed by atoms with Crippen molar-refractivity contribution in [3.05, 3.63) is 59.7 Å². The lowest BCUT2D eigenvalue weighted by molar-refractivity contribution is -0.141. The van der Waals surface area contributed by atoms with Gasteiger partial charge in [-0.15, -0.1) is 0 Å². The van der Waals surface area contributed by atoms with Crippen molar-refractivity contribution >= 4 is 5.91 Å². The van der Waals surface area contributed by atoms with Gasteiger partial charge in [0.05, 0.1) is 0 Å². The molecule has 2 saturated carbocycles. The van der Waals surface area contributed by atoms with Gasteiger partial charge in [-0.2, -0.15) is 13.2 Å². The number of piperidine rings is 1. The zero-order valence-corrected chi connectivity index (χ0v) is 20.4. The van der Waals surface area contributed by atoms with E-state index < -0.39 is 11.9 Å². The van der Waals surface area contributed by atoms with E-state index in [0.29, 0.717) is 43.3 Å². The third kappa shape index (κ3) is 4.76. The summed E-state index contributed by atoms with van der Waals surface area (Å²) in [7, 11) is 0. The summed E-state index contributed by atoms with van der Waals surface area (Å²) < 4.78 is 38.8. The summed E-state index contributed by atoms with van der Waals surface area (Å²) >= 11 is 0. The van der Waals surface area contributed by atoms with Gasteiger partial charge >= 0.3 is 6.18 Å². The summed E-state index contributed by atoms with van der Waals surface area (Å²) in [6.07, 6.45) is 2.85. The van der Waals surface area contributed by atoms with Gasteiger partial charge < -0.3 is 4.90 Å². The van der Waals surface area contributed by atoms with Crippen molar-refractivity contribution in [2.45, 2.75) is 56.7 Å². The fourth-order valence-electron chi connectivity index (χ4n) is 7.05. The molecule has 4 aliphatic rings. The first-order valence-corrected chi connectivity index (χ1v) is 13.3. The Morgan fingerprint density at radius 3 is 2.36 bits per heavy atom. The van der Waals surface area contributed by atoms with Crippen LogP contribution in [0.3, 0.4) is 0 Å². The van der Waals surface area contributed by atoms with E-state index in [0.717, 1.165) is 25.6 Å². The van der Waals surface area contributed by atoms with Crippen LogP contribution in [0.15, 0.2) is 42.6 Å². The molecule has 8 heteroatoms. The van der Waals surface area contributed by atoms with E-state index in [4.69, 9.17) is 0 Å². The summed E-state index contributed by atoms with van der Waals surface area (Å²) in [6.45, 7) is 3.36. The zero-order chi connectivity index (χ0) is 24.9. The Morgan fingerprint density at radius 1 is 0.944 bits per heavy atom. The summed E-state index contributed by atoms with van der Waals surface area (Å²) in [5.74, 6) is 2.37. The maximum atomic E-state index is 13.2. The minimum Gasteiger partial charge on any atom is -0.342 e. The SMILES string of the molecule is O=C(C1[C@H]2CN(C3CCC(c4ccccc4)CC3)C[C@@H]12)N1CC[C@@H](Cc2nccc(C(F)(F)F)n2)C1. The van der Waals surface area contributed by atoms with Crippen LogP contribution >= 0.6 is 0 Å². The number of carbonyl (C=O) groups excluding carboxylic acids is 1. The standard InChI is InChI=1S/C28H33F3N4O/c29-28(30,31)24-10-12-32-25(33-24)14-18-11-13-34(15-18)27(36)26-22-16-35(17-23(22)26)21-8-6-20(7-9-21)19-4-2-1-3-5-19/h1-5,10,12,18,20-23,26H,6-9,11,13-17H2/t18-,20?,21?,22-,23+,26?/m0/s1. The summed E-state index contributed by atoms with van der Waals surface area (Å²) in [5, 5.41) is 0. The Kier molecular flexibility index (Phi) is 6.26. The van der Waals surface area contributed by atoms with E-state index in [1.165, 1.54) is 37.4 Å². The molecule has 6 rings (SSSR count). The highest BCUT2D eigenvalue weighted by atomic mass is 19.4. The van der Waals surface area contributed by atoms with Crippen LogP contribution in [0.5, 0.6) is 0 Å². The summed E-state index contributed by atoms with van der Waals surface area (Å²) in [5.41, 5.74) is 0.566. The van der Waals surface area contributed by atoms with Crippen LogP contribution in [0.1, 0.15) is 55.1 Å². The molecule has 2 aromatic rings. The molecule has 36 heavy (non-hydrogen) atoms. The molecule has 2 saturated heterocycles. The average Bonchev–Trinajstić information content (AvgIpc) is 3.20. The molecule has 1 unspecified atom stereocenters. The summed E-state index contributed by atoms with van der Waals surface area (Å²) in [4.78, 5) is 25.5. The van der Waals surface area contributed by atoms with E-state index in [2.05, 4.69) is 45.2 Å². The first-order chi connectivity index (χ1) is 17.4. The number of aromatic nitrogens is 2. The molecule has 0 spiro atoms. The third-order valence-corrected chi connectivity index (χ3v) is 9.06. The molecule has 4 atom stereocenters. The zero-order valence-electron chi connectivity index (χ0n) is 20.4. The number of hydrogen-bond donors (Lipinski definition) is 0. The van der Waals surface area contributed by atoms with Crippen molar-refractivity contribution in [2.75, 3.05) is 26.2 Å². The van der Waals surface area contributed by atoms with Crippen LogP contribution in [0.25, 0.3) is 0 Å². The number of likely N-dealkylation sites (tertiary alicyclic amines) is 2. The highest BCUT2D eigenvalue weighted by Gasteiger charge is 2.61. The van der Waals surface area contributed by atoms with Crippen molar-refractivity contribution < 1.29 is 18.0 Å². The fraction of sp³-hybridized carbons (Fsp3) is 0.607. The molecule has 0 N–H and O–H groups in total. The Morgan fingerprint density at radius 2 is 1.67 bits per heavy atom. The Bertz CT molecular complexity index is 1070. The topological polar surface area (TPSA) is 49.3 Å². The van der Waals surface area contributed by atoms with Gasteiger partial charge in [-0.05, 0) is 67.4 Å². The van der Waals surface area contributed by atoms with E-state index in [1.54, 1.807) is 0 Å². The third-order valence-electron chi connectivity index (χ3n) is 9.06. The largest absolute Gasteiger partial charge is 0.433 e. The Hall–Kier alpha value is -2.48. The van der Waals surface area contributed by atoms with Crippen molar-refractivity contribution in [3.8, 4) is 0 Å². The minimum absolute atomic E-state index is 0.118. The molecule has 192 valence electrons. The number of amides is 1. The van der Waals surface area contributed by atoms with Crippen LogP contribution in [0.2, 0.25) is 0 Å². The molecule has 5 nitrogen and oxygen atoms in total. The van der Waals surface area contributed by atoms with Gasteiger partial charge in [-0.25, -0.2) is 9.97 Å². The first-order valence-electron chi connectivity index (χ1n) is 13.3. The van der Waals surface area contributed by atoms with E-state index >= 15 is 0 Å². The fourth-order valence-corrected chi connectivity index (χ4v) is 7.05. The molecule has 3 heterocycles. The van der Waals surface area contributed by atoms with E-state index in [-0.39, 0.29) is 23.6 Å². The number of benzene rings is 1. The minimum atomic E-state index is -4.46. The number of nitrogens with zero attached hydrogens (tertiary/aromatic N) is 4. The molecule has 1 amide bonds. The van der Waals surface area contributed by atoms with Crippen molar-refractivity contribution in [3.63, 3.8) is 0 Å². The van der Waals surface area contributed by atoms with E-state index in [9.17, 15) is 18.0 Å². The average molecular weight is 499 g/mol. The van der Waals surface area contributed by atoms with Crippen molar-refractivity contribution in [1.82, 2.24) is 19.8 Å². The number of hydrogen-bond acceptors (Lipinski definition) is 4. The van der Waals surface area contributed by atoms with Gasteiger partial charge in [-0.3, -0.25) is 9.69 Å². The van der Waals surface area contributed by atoms with Crippen LogP contribution in [0, 0.1) is 23.7 Å². The molecule has 1 aromatic carbocycles. The highest BCUT2D eigenvalue weighted by molar-refractivity contribution is 5.83. The quantitative estimate of drug-likeness (QED) is 0.595. The van der Waals surface area contributed by atoms with Gasteiger partial charge in [0.25, 0.3) is 0 Å². The molecule has 0 bridgehead atoms. The second-order valence-corrected chi connectivity index (χ2v) is 11.2. The van der Waals surface area contributed by atoms with Gasteiger partial charge in [0.15, 0.2) is 0 Å². The summed E-state index contributed by atoms with van der Waals surface area (Å²) in [6, 6.07) is 12.4. The van der Waals surface area contributed by atoms with Crippen LogP contribution in [0.4, 0.5) is 13.2 Å². The number of rotatable bonds is 5. The molecule has 4 fully saturated rings. The Labute approximate surface area is 210 Å².